The molecular weight excluding hydrogens is 301 g/mol. The molecule has 2 rings (SSSR count). The van der Waals surface area contributed by atoms with Gasteiger partial charge in [-0.25, -0.2) is 0 Å². The topological polar surface area (TPSA) is 38.0 Å². The Balaban J connectivity index is 2.20. The van der Waals surface area contributed by atoms with Crippen LogP contribution in [0.3, 0.4) is 0 Å². The summed E-state index contributed by atoms with van der Waals surface area (Å²) < 4.78 is 37.6. The molecular formula is C15H14ClF3N2. The van der Waals surface area contributed by atoms with Crippen molar-refractivity contribution in [3.05, 3.63) is 64.7 Å². The van der Waals surface area contributed by atoms with Gasteiger partial charge in [0.25, 0.3) is 0 Å². The van der Waals surface area contributed by atoms with E-state index in [1.165, 1.54) is 12.1 Å². The Hall–Kier alpha value is -1.72. The molecule has 0 aliphatic carbocycles. The molecule has 1 atom stereocenters. The Morgan fingerprint density at radius 1 is 1.05 bits per heavy atom. The molecule has 0 saturated heterocycles. The lowest BCUT2D eigenvalue weighted by Gasteiger charge is -2.20. The predicted molar refractivity (Wildman–Crippen MR) is 78.3 cm³/mol. The lowest BCUT2D eigenvalue weighted by molar-refractivity contribution is -0.137. The van der Waals surface area contributed by atoms with E-state index in [1.807, 2.05) is 6.07 Å². The summed E-state index contributed by atoms with van der Waals surface area (Å²) in [6.45, 7) is 0.233. The van der Waals surface area contributed by atoms with Gasteiger partial charge in [0.05, 0.1) is 22.3 Å². The number of nitrogens with one attached hydrogen (secondary N) is 1. The normalized spacial score (nSPS) is 13.0. The van der Waals surface area contributed by atoms with E-state index >= 15 is 0 Å². The first-order chi connectivity index (χ1) is 9.91. The molecule has 0 fully saturated rings. The first-order valence-electron chi connectivity index (χ1n) is 6.30. The van der Waals surface area contributed by atoms with Gasteiger partial charge in [0.2, 0.25) is 0 Å². The molecule has 0 aliphatic rings. The molecule has 0 aromatic heterocycles. The number of halogens is 4. The van der Waals surface area contributed by atoms with Crippen LogP contribution in [0.1, 0.15) is 17.2 Å². The quantitative estimate of drug-likeness (QED) is 0.873. The van der Waals surface area contributed by atoms with Crippen LogP contribution in [0.4, 0.5) is 18.9 Å². The average Bonchev–Trinajstić information content (AvgIpc) is 2.46. The van der Waals surface area contributed by atoms with Gasteiger partial charge in [-0.15, -0.1) is 0 Å². The Labute approximate surface area is 125 Å². The Kier molecular flexibility index (Phi) is 4.75. The average molecular weight is 315 g/mol. The first-order valence-corrected chi connectivity index (χ1v) is 6.68. The van der Waals surface area contributed by atoms with Crippen molar-refractivity contribution in [2.75, 3.05) is 11.9 Å². The van der Waals surface area contributed by atoms with Crippen LogP contribution in [0.15, 0.2) is 48.5 Å². The third-order valence-electron chi connectivity index (χ3n) is 3.08. The molecule has 3 N–H and O–H groups in total. The number of hydrogen-bond acceptors (Lipinski definition) is 2. The summed E-state index contributed by atoms with van der Waals surface area (Å²) in [7, 11) is 0. The van der Waals surface area contributed by atoms with Crippen LogP contribution >= 0.6 is 11.6 Å². The largest absolute Gasteiger partial charge is 0.416 e. The van der Waals surface area contributed by atoms with Crippen LogP contribution in [0, 0.1) is 0 Å². The monoisotopic (exact) mass is 314 g/mol. The lowest BCUT2D eigenvalue weighted by Crippen LogP contribution is -2.21. The highest BCUT2D eigenvalue weighted by atomic mass is 35.5. The van der Waals surface area contributed by atoms with Gasteiger partial charge < -0.3 is 11.1 Å². The van der Waals surface area contributed by atoms with Gasteiger partial charge in [0, 0.05) is 6.54 Å². The third-order valence-corrected chi connectivity index (χ3v) is 3.41. The highest BCUT2D eigenvalue weighted by Crippen LogP contribution is 2.31. The molecule has 0 saturated carbocycles. The van der Waals surface area contributed by atoms with Crippen molar-refractivity contribution in [1.82, 2.24) is 0 Å². The van der Waals surface area contributed by atoms with Crippen LogP contribution in [-0.4, -0.2) is 6.54 Å². The summed E-state index contributed by atoms with van der Waals surface area (Å²) >= 11 is 6.05. The van der Waals surface area contributed by atoms with E-state index in [9.17, 15) is 13.2 Å². The number of anilines is 1. The maximum absolute atomic E-state index is 12.5. The molecule has 0 spiro atoms. The van der Waals surface area contributed by atoms with Crippen LogP contribution in [-0.2, 0) is 6.18 Å². The summed E-state index contributed by atoms with van der Waals surface area (Å²) in [4.78, 5) is 0. The Bertz CT molecular complexity index is 597. The molecule has 0 heterocycles. The van der Waals surface area contributed by atoms with Crippen LogP contribution in [0.5, 0.6) is 0 Å². The minimum Gasteiger partial charge on any atom is -0.376 e. The Morgan fingerprint density at radius 3 is 2.19 bits per heavy atom. The van der Waals surface area contributed by atoms with Crippen molar-refractivity contribution >= 4 is 17.3 Å². The number of rotatable bonds is 4. The molecule has 0 radical (unpaired) electrons. The summed E-state index contributed by atoms with van der Waals surface area (Å²) in [5, 5.41) is 3.66. The minimum absolute atomic E-state index is 0.233. The lowest BCUT2D eigenvalue weighted by atomic mass is 10.0. The maximum atomic E-state index is 12.5. The Morgan fingerprint density at radius 2 is 1.67 bits per heavy atom. The summed E-state index contributed by atoms with van der Waals surface area (Å²) in [6.07, 6.45) is -4.34. The van der Waals surface area contributed by atoms with Crippen LogP contribution in [0.2, 0.25) is 5.02 Å². The van der Waals surface area contributed by atoms with E-state index in [0.717, 1.165) is 12.1 Å². The summed E-state index contributed by atoms with van der Waals surface area (Å²) in [5.41, 5.74) is 6.38. The molecule has 2 aromatic carbocycles. The van der Waals surface area contributed by atoms with Gasteiger partial charge in [-0.3, -0.25) is 0 Å². The second-order valence-electron chi connectivity index (χ2n) is 4.53. The second-order valence-corrected chi connectivity index (χ2v) is 4.94. The van der Waals surface area contributed by atoms with Gasteiger partial charge in [0.1, 0.15) is 0 Å². The fourth-order valence-corrected chi connectivity index (χ4v) is 2.14. The second kappa shape index (κ2) is 6.37. The maximum Gasteiger partial charge on any atom is 0.416 e. The van der Waals surface area contributed by atoms with Gasteiger partial charge in [-0.05, 0) is 29.8 Å². The summed E-state index contributed by atoms with van der Waals surface area (Å²) in [5.74, 6) is 0. The van der Waals surface area contributed by atoms with Crippen molar-refractivity contribution in [3.8, 4) is 0 Å². The highest BCUT2D eigenvalue weighted by Gasteiger charge is 2.30. The molecule has 0 amide bonds. The SMILES string of the molecule is NCC(Nc1ccccc1Cl)c1ccc(C(F)(F)F)cc1. The van der Waals surface area contributed by atoms with Crippen molar-refractivity contribution in [2.45, 2.75) is 12.2 Å². The number of hydrogen-bond donors (Lipinski definition) is 2. The molecule has 21 heavy (non-hydrogen) atoms. The van der Waals surface area contributed by atoms with Gasteiger partial charge in [-0.1, -0.05) is 35.9 Å². The molecule has 2 nitrogen and oxygen atoms in total. The predicted octanol–water partition coefficient (Wildman–Crippen LogP) is 4.47. The number of nitrogens with two attached hydrogens (primary N) is 1. The molecule has 0 bridgehead atoms. The fraction of sp³-hybridized carbons (Fsp3) is 0.200. The number of benzene rings is 2. The van der Waals surface area contributed by atoms with Crippen molar-refractivity contribution in [2.24, 2.45) is 5.73 Å². The zero-order valence-electron chi connectivity index (χ0n) is 11.0. The standard InChI is InChI=1S/C15H14ClF3N2/c16-12-3-1-2-4-13(12)21-14(9-20)10-5-7-11(8-6-10)15(17,18)19/h1-8,14,21H,9,20H2. The van der Waals surface area contributed by atoms with Crippen molar-refractivity contribution in [3.63, 3.8) is 0 Å². The van der Waals surface area contributed by atoms with E-state index < -0.39 is 11.7 Å². The van der Waals surface area contributed by atoms with Gasteiger partial charge in [0.15, 0.2) is 0 Å². The third kappa shape index (κ3) is 3.89. The molecule has 2 aromatic rings. The summed E-state index contributed by atoms with van der Waals surface area (Å²) in [6, 6.07) is 11.7. The molecule has 112 valence electrons. The van der Waals surface area contributed by atoms with E-state index in [2.05, 4.69) is 5.32 Å². The smallest absolute Gasteiger partial charge is 0.376 e. The van der Waals surface area contributed by atoms with E-state index in [4.69, 9.17) is 17.3 Å². The van der Waals surface area contributed by atoms with E-state index in [-0.39, 0.29) is 12.6 Å². The van der Waals surface area contributed by atoms with Crippen LogP contribution in [0.25, 0.3) is 0 Å². The molecule has 1 unspecified atom stereocenters. The van der Waals surface area contributed by atoms with Crippen molar-refractivity contribution in [1.29, 1.82) is 0 Å². The number of alkyl halides is 3. The zero-order valence-corrected chi connectivity index (χ0v) is 11.7. The first kappa shape index (κ1) is 15.7. The number of para-hydroxylation sites is 1. The zero-order chi connectivity index (χ0) is 15.5. The fourth-order valence-electron chi connectivity index (χ4n) is 1.95. The van der Waals surface area contributed by atoms with Gasteiger partial charge in [-0.2, -0.15) is 13.2 Å². The van der Waals surface area contributed by atoms with Crippen molar-refractivity contribution < 1.29 is 13.2 Å². The van der Waals surface area contributed by atoms with E-state index in [0.29, 0.717) is 16.3 Å². The van der Waals surface area contributed by atoms with Crippen LogP contribution < -0.4 is 11.1 Å². The highest BCUT2D eigenvalue weighted by molar-refractivity contribution is 6.33. The van der Waals surface area contributed by atoms with E-state index in [1.54, 1.807) is 18.2 Å². The molecule has 6 heteroatoms. The van der Waals surface area contributed by atoms with Gasteiger partial charge >= 0.3 is 6.18 Å². The minimum atomic E-state index is -4.34. The molecule has 0 aliphatic heterocycles.